The summed E-state index contributed by atoms with van der Waals surface area (Å²) in [5.41, 5.74) is 6.07. The summed E-state index contributed by atoms with van der Waals surface area (Å²) in [5.74, 6) is -0.958. The van der Waals surface area contributed by atoms with Crippen LogP contribution in [0.4, 0.5) is 20.3 Å². The molecular weight excluding hydrogens is 396 g/mol. The van der Waals surface area contributed by atoms with Crippen molar-refractivity contribution < 1.29 is 18.3 Å². The van der Waals surface area contributed by atoms with E-state index in [1.165, 1.54) is 24.5 Å². The molecule has 9 nitrogen and oxygen atoms in total. The summed E-state index contributed by atoms with van der Waals surface area (Å²) in [6.07, 6.45) is 5.17. The van der Waals surface area contributed by atoms with E-state index in [2.05, 4.69) is 31.1 Å². The molecule has 1 saturated carbocycles. The summed E-state index contributed by atoms with van der Waals surface area (Å²) < 4.78 is 30.3. The molecule has 1 amide bonds. The number of carbonyl (C=O) groups is 1. The number of ether oxygens (including phenoxy) is 1. The van der Waals surface area contributed by atoms with Gasteiger partial charge in [-0.2, -0.15) is 19.1 Å². The second kappa shape index (κ2) is 9.04. The predicted octanol–water partition coefficient (Wildman–Crippen LogP) is 2.52. The molecule has 2 aromatic heterocycles. The van der Waals surface area contributed by atoms with Crippen molar-refractivity contribution in [1.29, 1.82) is 5.26 Å². The van der Waals surface area contributed by atoms with Crippen molar-refractivity contribution in [2.45, 2.75) is 38.0 Å². The van der Waals surface area contributed by atoms with Gasteiger partial charge >= 0.3 is 6.61 Å². The molecule has 3 N–H and O–H groups in total. The maximum absolute atomic E-state index is 12.3. The van der Waals surface area contributed by atoms with Crippen LogP contribution >= 0.6 is 0 Å². The van der Waals surface area contributed by atoms with Gasteiger partial charge in [-0.3, -0.25) is 9.48 Å². The first-order chi connectivity index (χ1) is 14.3. The molecule has 0 saturated heterocycles. The van der Waals surface area contributed by atoms with E-state index >= 15 is 0 Å². The number of alkyl halides is 2. The number of primary amides is 1. The molecule has 2 aromatic rings. The number of anilines is 2. The molecular formula is C19H23F2N7O2. The van der Waals surface area contributed by atoms with E-state index in [0.29, 0.717) is 18.2 Å². The third-order valence-corrected chi connectivity index (χ3v) is 5.23. The Morgan fingerprint density at radius 3 is 2.77 bits per heavy atom. The number of hydrogen-bond acceptors (Lipinski definition) is 7. The lowest BCUT2D eigenvalue weighted by Gasteiger charge is -2.35. The third kappa shape index (κ3) is 4.83. The lowest BCUT2D eigenvalue weighted by atomic mass is 9.82. The number of hydrogen-bond donors (Lipinski definition) is 2. The first kappa shape index (κ1) is 21.4. The van der Waals surface area contributed by atoms with Crippen molar-refractivity contribution in [1.82, 2.24) is 19.7 Å². The van der Waals surface area contributed by atoms with Crippen LogP contribution in [0.25, 0.3) is 0 Å². The average molecular weight is 419 g/mol. The smallest absolute Gasteiger partial charge is 0.388 e. The van der Waals surface area contributed by atoms with Crippen LogP contribution in [0, 0.1) is 17.2 Å². The van der Waals surface area contributed by atoms with Crippen molar-refractivity contribution in [3.05, 3.63) is 30.1 Å². The number of amides is 1. The van der Waals surface area contributed by atoms with E-state index in [1.54, 1.807) is 4.68 Å². The Labute approximate surface area is 172 Å². The topological polar surface area (TPSA) is 122 Å². The fourth-order valence-corrected chi connectivity index (χ4v) is 3.64. The molecule has 3 atom stereocenters. The Bertz CT molecular complexity index is 924. The van der Waals surface area contributed by atoms with E-state index in [-0.39, 0.29) is 29.2 Å². The van der Waals surface area contributed by atoms with Crippen LogP contribution in [-0.2, 0) is 0 Å². The molecule has 1 fully saturated rings. The van der Waals surface area contributed by atoms with E-state index in [9.17, 15) is 18.8 Å². The van der Waals surface area contributed by atoms with Crippen molar-refractivity contribution in [3.63, 3.8) is 0 Å². The lowest BCUT2D eigenvalue weighted by molar-refractivity contribution is -0.0528. The number of aromatic nitrogens is 3. The zero-order valence-corrected chi connectivity index (χ0v) is 16.6. The maximum Gasteiger partial charge on any atom is 0.388 e. The van der Waals surface area contributed by atoms with Crippen molar-refractivity contribution in [3.8, 4) is 11.9 Å². The summed E-state index contributed by atoms with van der Waals surface area (Å²) in [6, 6.07) is 5.23. The Hall–Kier alpha value is -3.26. The van der Waals surface area contributed by atoms with Crippen LogP contribution in [0.1, 0.15) is 35.7 Å². The molecule has 1 aliphatic carbocycles. The number of carbonyl (C=O) groups excluding carboxylic acids is 1. The van der Waals surface area contributed by atoms with Crippen LogP contribution in [0.2, 0.25) is 0 Å². The van der Waals surface area contributed by atoms with E-state index < -0.39 is 12.5 Å². The van der Waals surface area contributed by atoms with E-state index in [4.69, 9.17) is 5.73 Å². The molecule has 0 aromatic carbocycles. The molecule has 2 heterocycles. The van der Waals surface area contributed by atoms with Crippen LogP contribution < -0.4 is 15.8 Å². The fraction of sp³-hybridized carbons (Fsp3) is 0.474. The first-order valence-electron chi connectivity index (χ1n) is 9.41. The van der Waals surface area contributed by atoms with Crippen LogP contribution in [-0.4, -0.2) is 52.3 Å². The molecule has 0 spiro atoms. The number of pyridine rings is 1. The van der Waals surface area contributed by atoms with Crippen LogP contribution in [0.15, 0.2) is 24.5 Å². The van der Waals surface area contributed by atoms with Gasteiger partial charge in [0.15, 0.2) is 5.82 Å². The highest BCUT2D eigenvalue weighted by molar-refractivity contribution is 5.98. The molecule has 0 aliphatic heterocycles. The number of nitrogens with one attached hydrogen (secondary N) is 1. The zero-order valence-electron chi connectivity index (χ0n) is 16.6. The average Bonchev–Trinajstić information content (AvgIpc) is 3.12. The summed E-state index contributed by atoms with van der Waals surface area (Å²) in [5, 5.41) is 17.0. The fourth-order valence-electron chi connectivity index (χ4n) is 3.64. The second-order valence-corrected chi connectivity index (χ2v) is 7.36. The summed E-state index contributed by atoms with van der Waals surface area (Å²) in [6.45, 7) is -2.97. The summed E-state index contributed by atoms with van der Waals surface area (Å²) in [7, 11) is 3.98. The lowest BCUT2D eigenvalue weighted by Crippen LogP contribution is -2.37. The molecule has 0 unspecified atom stereocenters. The quantitative estimate of drug-likeness (QED) is 0.707. The highest BCUT2D eigenvalue weighted by atomic mass is 19.3. The minimum atomic E-state index is -2.97. The van der Waals surface area contributed by atoms with Gasteiger partial charge in [-0.1, -0.05) is 0 Å². The summed E-state index contributed by atoms with van der Waals surface area (Å²) >= 11 is 0. The van der Waals surface area contributed by atoms with Gasteiger partial charge in [0.2, 0.25) is 5.88 Å². The van der Waals surface area contributed by atoms with Crippen molar-refractivity contribution in [2.75, 3.05) is 19.4 Å². The second-order valence-electron chi connectivity index (χ2n) is 7.36. The number of halogens is 2. The van der Waals surface area contributed by atoms with E-state index in [0.717, 1.165) is 12.8 Å². The van der Waals surface area contributed by atoms with Gasteiger partial charge in [-0.05, 0) is 39.4 Å². The van der Waals surface area contributed by atoms with Crippen LogP contribution in [0.3, 0.4) is 0 Å². The molecule has 0 bridgehead atoms. The van der Waals surface area contributed by atoms with Crippen molar-refractivity contribution >= 4 is 17.4 Å². The van der Waals surface area contributed by atoms with E-state index in [1.807, 2.05) is 14.1 Å². The van der Waals surface area contributed by atoms with Gasteiger partial charge in [0, 0.05) is 18.3 Å². The highest BCUT2D eigenvalue weighted by Crippen LogP contribution is 2.36. The molecule has 160 valence electrons. The number of nitriles is 1. The Morgan fingerprint density at radius 1 is 1.43 bits per heavy atom. The standard InChI is InChI=1S/C19H23F2N7O2/c1-27(2)13-4-5-15(11(7-13)8-22)28-10-14(17(23)29)18(26-28)25-12-3-6-16(24-9-12)30-19(20)21/h3,6,9-11,13,15,19H,4-5,7H2,1-2H3,(H2,23,29)(H,25,26)/t11-,13+,15+/m0/s1. The molecule has 3 rings (SSSR count). The number of rotatable bonds is 7. The molecule has 11 heteroatoms. The SMILES string of the molecule is CN(C)[C@@H]1CC[C@@H](n2cc(C(N)=O)c(Nc3ccc(OC(F)F)nc3)n2)[C@H](C#N)C1. The maximum atomic E-state index is 12.3. The van der Waals surface area contributed by atoms with Gasteiger partial charge in [-0.15, -0.1) is 0 Å². The normalized spacial score (nSPS) is 21.4. The number of nitrogens with two attached hydrogens (primary N) is 1. The van der Waals surface area contributed by atoms with Gasteiger partial charge in [0.25, 0.3) is 5.91 Å². The Morgan fingerprint density at radius 2 is 2.20 bits per heavy atom. The third-order valence-electron chi connectivity index (χ3n) is 5.23. The first-order valence-corrected chi connectivity index (χ1v) is 9.41. The van der Waals surface area contributed by atoms with Crippen LogP contribution in [0.5, 0.6) is 5.88 Å². The molecule has 30 heavy (non-hydrogen) atoms. The van der Waals surface area contributed by atoms with Gasteiger partial charge < -0.3 is 20.7 Å². The van der Waals surface area contributed by atoms with Crippen molar-refractivity contribution in [2.24, 2.45) is 11.7 Å². The Balaban J connectivity index is 1.82. The van der Waals surface area contributed by atoms with Gasteiger partial charge in [0.05, 0.1) is 29.9 Å². The minimum absolute atomic E-state index is 0.161. The largest absolute Gasteiger partial charge is 0.417 e. The summed E-state index contributed by atoms with van der Waals surface area (Å²) in [4.78, 5) is 17.8. The molecule has 1 aliphatic rings. The number of nitrogens with zero attached hydrogens (tertiary/aromatic N) is 5. The monoisotopic (exact) mass is 419 g/mol. The Kier molecular flexibility index (Phi) is 6.47. The minimum Gasteiger partial charge on any atom is -0.417 e. The molecule has 0 radical (unpaired) electrons. The zero-order chi connectivity index (χ0) is 21.8. The van der Waals surface area contributed by atoms with Gasteiger partial charge in [0.1, 0.15) is 5.56 Å². The highest BCUT2D eigenvalue weighted by Gasteiger charge is 2.34. The predicted molar refractivity (Wildman–Crippen MR) is 104 cm³/mol. The van der Waals surface area contributed by atoms with Gasteiger partial charge in [-0.25, -0.2) is 4.98 Å².